The van der Waals surface area contributed by atoms with Crippen molar-refractivity contribution >= 4 is 22.0 Å². The summed E-state index contributed by atoms with van der Waals surface area (Å²) >= 11 is 0. The van der Waals surface area contributed by atoms with Crippen molar-refractivity contribution in [3.05, 3.63) is 127 Å². The van der Waals surface area contributed by atoms with Gasteiger partial charge in [0.05, 0.1) is 11.1 Å². The fourth-order valence-corrected chi connectivity index (χ4v) is 6.10. The number of para-hydroxylation sites is 1. The standard InChI is InChI=1S/C42H38N2O2/c1-41(2,3)29-18-19-36(45)35(23-29)40-44-39-34(24-30(42(4,5)6)25-37(39)46-40)28-15-10-14-27(22-28)32-16-11-17-33-31(20-21-43-38(32)33)26-12-8-7-9-13-26/h7-25,45H,1-6H3. The van der Waals surface area contributed by atoms with Crippen molar-refractivity contribution in [1.82, 2.24) is 9.97 Å². The zero-order valence-corrected chi connectivity index (χ0v) is 27.2. The van der Waals surface area contributed by atoms with Gasteiger partial charge < -0.3 is 9.52 Å². The monoisotopic (exact) mass is 602 g/mol. The van der Waals surface area contributed by atoms with Crippen LogP contribution in [-0.4, -0.2) is 15.1 Å². The maximum atomic E-state index is 10.9. The quantitative estimate of drug-likeness (QED) is 0.218. The minimum atomic E-state index is -0.116. The normalized spacial score (nSPS) is 12.2. The Balaban J connectivity index is 1.40. The molecule has 2 aromatic heterocycles. The molecule has 228 valence electrons. The molecule has 0 saturated heterocycles. The third-order valence-corrected chi connectivity index (χ3v) is 8.79. The third-order valence-electron chi connectivity index (χ3n) is 8.79. The fourth-order valence-electron chi connectivity index (χ4n) is 6.10. The van der Waals surface area contributed by atoms with Crippen LogP contribution in [0, 0.1) is 0 Å². The average molecular weight is 603 g/mol. The van der Waals surface area contributed by atoms with Crippen LogP contribution < -0.4 is 0 Å². The Morgan fingerprint density at radius 3 is 1.96 bits per heavy atom. The Morgan fingerprint density at radius 2 is 1.22 bits per heavy atom. The second-order valence-corrected chi connectivity index (χ2v) is 14.1. The average Bonchev–Trinajstić information content (AvgIpc) is 3.48. The number of hydrogen-bond acceptors (Lipinski definition) is 4. The van der Waals surface area contributed by atoms with Gasteiger partial charge in [-0.1, -0.05) is 114 Å². The van der Waals surface area contributed by atoms with E-state index in [9.17, 15) is 5.11 Å². The van der Waals surface area contributed by atoms with E-state index in [1.165, 1.54) is 5.56 Å². The molecule has 7 aromatic rings. The van der Waals surface area contributed by atoms with Gasteiger partial charge in [-0.25, -0.2) is 4.98 Å². The molecule has 0 aliphatic carbocycles. The Hall–Kier alpha value is -5.22. The van der Waals surface area contributed by atoms with Crippen LogP contribution in [0.3, 0.4) is 0 Å². The van der Waals surface area contributed by atoms with E-state index < -0.39 is 0 Å². The number of oxazole rings is 1. The highest BCUT2D eigenvalue weighted by atomic mass is 16.3. The Kier molecular flexibility index (Phi) is 7.05. The van der Waals surface area contributed by atoms with Crippen molar-refractivity contribution < 1.29 is 9.52 Å². The van der Waals surface area contributed by atoms with Crippen molar-refractivity contribution in [2.75, 3.05) is 0 Å². The summed E-state index contributed by atoms with van der Waals surface area (Å²) in [5.41, 5.74) is 11.6. The van der Waals surface area contributed by atoms with Gasteiger partial charge in [-0.15, -0.1) is 0 Å². The van der Waals surface area contributed by atoms with Crippen LogP contribution in [-0.2, 0) is 10.8 Å². The van der Waals surface area contributed by atoms with Crippen LogP contribution in [0.5, 0.6) is 5.75 Å². The minimum absolute atomic E-state index is 0.0855. The first-order valence-electron chi connectivity index (χ1n) is 15.8. The number of aromatic hydroxyl groups is 1. The molecule has 7 rings (SSSR count). The molecule has 0 radical (unpaired) electrons. The first-order valence-corrected chi connectivity index (χ1v) is 15.8. The highest BCUT2D eigenvalue weighted by Crippen LogP contribution is 2.41. The molecule has 0 spiro atoms. The van der Waals surface area contributed by atoms with Gasteiger partial charge in [-0.3, -0.25) is 4.98 Å². The number of nitrogens with zero attached hydrogens (tertiary/aromatic N) is 2. The lowest BCUT2D eigenvalue weighted by Crippen LogP contribution is -2.11. The Labute approximate surface area is 270 Å². The SMILES string of the molecule is CC(C)(C)c1ccc(O)c(-c2nc3c(-c4cccc(-c5cccc6c(-c7ccccc7)ccnc56)c4)cc(C(C)(C)C)cc3o2)c1. The summed E-state index contributed by atoms with van der Waals surface area (Å²) in [5, 5.41) is 12.0. The van der Waals surface area contributed by atoms with E-state index in [4.69, 9.17) is 14.4 Å². The zero-order chi connectivity index (χ0) is 32.2. The van der Waals surface area contributed by atoms with Gasteiger partial charge in [0, 0.05) is 22.7 Å². The predicted octanol–water partition coefficient (Wildman–Crippen LogP) is 11.3. The molecule has 0 atom stereocenters. The molecule has 46 heavy (non-hydrogen) atoms. The lowest BCUT2D eigenvalue weighted by molar-refractivity contribution is 0.472. The number of benzene rings is 5. The van der Waals surface area contributed by atoms with Crippen LogP contribution in [0.2, 0.25) is 0 Å². The molecular formula is C42H38N2O2. The van der Waals surface area contributed by atoms with Crippen LogP contribution in [0.1, 0.15) is 52.7 Å². The maximum Gasteiger partial charge on any atom is 0.231 e. The fraction of sp³-hybridized carbons (Fsp3) is 0.190. The molecule has 0 unspecified atom stereocenters. The highest BCUT2D eigenvalue weighted by Gasteiger charge is 2.23. The number of hydrogen-bond donors (Lipinski definition) is 1. The van der Waals surface area contributed by atoms with Gasteiger partial charge in [0.2, 0.25) is 5.89 Å². The number of fused-ring (bicyclic) bond motifs is 2. The second-order valence-electron chi connectivity index (χ2n) is 14.1. The van der Waals surface area contributed by atoms with Gasteiger partial charge >= 0.3 is 0 Å². The zero-order valence-electron chi connectivity index (χ0n) is 27.2. The topological polar surface area (TPSA) is 59.2 Å². The number of phenolic OH excluding ortho intramolecular Hbond substituents is 1. The molecule has 0 amide bonds. The summed E-state index contributed by atoms with van der Waals surface area (Å²) in [5.74, 6) is 0.561. The maximum absolute atomic E-state index is 10.9. The van der Waals surface area contributed by atoms with Crippen LogP contribution in [0.15, 0.2) is 120 Å². The Morgan fingerprint density at radius 1 is 0.543 bits per heavy atom. The van der Waals surface area contributed by atoms with E-state index in [0.29, 0.717) is 17.0 Å². The first-order chi connectivity index (χ1) is 22.0. The molecule has 0 aliphatic rings. The lowest BCUT2D eigenvalue weighted by atomic mass is 9.84. The molecule has 1 N–H and O–H groups in total. The molecule has 2 heterocycles. The van der Waals surface area contributed by atoms with Crippen LogP contribution >= 0.6 is 0 Å². The molecule has 4 heteroatoms. The van der Waals surface area contributed by atoms with E-state index in [0.717, 1.165) is 55.4 Å². The van der Waals surface area contributed by atoms with E-state index >= 15 is 0 Å². The van der Waals surface area contributed by atoms with E-state index in [1.54, 1.807) is 6.07 Å². The smallest absolute Gasteiger partial charge is 0.231 e. The molecule has 5 aromatic carbocycles. The lowest BCUT2D eigenvalue weighted by Gasteiger charge is -2.20. The first kappa shape index (κ1) is 29.5. The van der Waals surface area contributed by atoms with Crippen LogP contribution in [0.25, 0.3) is 66.8 Å². The molecule has 0 bridgehead atoms. The predicted molar refractivity (Wildman–Crippen MR) is 190 cm³/mol. The molecular weight excluding hydrogens is 564 g/mol. The van der Waals surface area contributed by atoms with Gasteiger partial charge in [0.1, 0.15) is 11.3 Å². The van der Waals surface area contributed by atoms with Crippen molar-refractivity contribution in [3.63, 3.8) is 0 Å². The van der Waals surface area contributed by atoms with Crippen LogP contribution in [0.4, 0.5) is 0 Å². The summed E-state index contributed by atoms with van der Waals surface area (Å²) in [7, 11) is 0. The Bertz CT molecular complexity index is 2230. The molecule has 0 saturated carbocycles. The molecule has 0 aliphatic heterocycles. The summed E-state index contributed by atoms with van der Waals surface area (Å²) in [4.78, 5) is 9.89. The van der Waals surface area contributed by atoms with Crippen molar-refractivity contribution in [1.29, 1.82) is 0 Å². The van der Waals surface area contributed by atoms with Crippen molar-refractivity contribution in [2.24, 2.45) is 0 Å². The van der Waals surface area contributed by atoms with Gasteiger partial charge in [0.15, 0.2) is 5.58 Å². The van der Waals surface area contributed by atoms with Gasteiger partial charge in [-0.05, 0) is 80.6 Å². The molecule has 0 fully saturated rings. The van der Waals surface area contributed by atoms with Gasteiger partial charge in [-0.2, -0.15) is 0 Å². The summed E-state index contributed by atoms with van der Waals surface area (Å²) in [6.45, 7) is 13.1. The summed E-state index contributed by atoms with van der Waals surface area (Å²) in [6.07, 6.45) is 1.90. The second kappa shape index (κ2) is 11.0. The van der Waals surface area contributed by atoms with Crippen molar-refractivity contribution in [2.45, 2.75) is 52.4 Å². The highest BCUT2D eigenvalue weighted by molar-refractivity contribution is 6.02. The van der Waals surface area contributed by atoms with Crippen molar-refractivity contribution in [3.8, 4) is 50.6 Å². The van der Waals surface area contributed by atoms with E-state index in [2.05, 4.69) is 126 Å². The number of pyridine rings is 1. The summed E-state index contributed by atoms with van der Waals surface area (Å²) in [6, 6.07) is 37.5. The van der Waals surface area contributed by atoms with E-state index in [-0.39, 0.29) is 16.6 Å². The number of rotatable bonds is 4. The minimum Gasteiger partial charge on any atom is -0.507 e. The largest absolute Gasteiger partial charge is 0.507 e. The number of aromatic nitrogens is 2. The third kappa shape index (κ3) is 5.34. The summed E-state index contributed by atoms with van der Waals surface area (Å²) < 4.78 is 6.45. The molecule has 4 nitrogen and oxygen atoms in total. The van der Waals surface area contributed by atoms with Gasteiger partial charge in [0.25, 0.3) is 0 Å². The number of phenols is 1. The van der Waals surface area contributed by atoms with E-state index in [1.807, 2.05) is 24.4 Å².